The molecule has 2 heterocycles. The van der Waals surface area contributed by atoms with Crippen molar-refractivity contribution in [3.8, 4) is 0 Å². The van der Waals surface area contributed by atoms with Crippen molar-refractivity contribution in [1.82, 2.24) is 14.5 Å². The van der Waals surface area contributed by atoms with Crippen LogP contribution in [0, 0.1) is 11.8 Å². The molecule has 0 radical (unpaired) electrons. The van der Waals surface area contributed by atoms with E-state index in [1.807, 2.05) is 0 Å². The molecule has 71 heavy (non-hydrogen) atoms. The van der Waals surface area contributed by atoms with Crippen LogP contribution in [0.3, 0.4) is 0 Å². The van der Waals surface area contributed by atoms with Gasteiger partial charge in [-0.25, -0.2) is 9.78 Å². The highest BCUT2D eigenvalue weighted by molar-refractivity contribution is 5.78. The highest BCUT2D eigenvalue weighted by Gasteiger charge is 2.39. The molecule has 1 aliphatic rings. The van der Waals surface area contributed by atoms with Crippen LogP contribution in [0.2, 0.25) is 0 Å². The Bertz CT molecular complexity index is 1540. The van der Waals surface area contributed by atoms with Gasteiger partial charge in [0, 0.05) is 56.3 Å². The van der Waals surface area contributed by atoms with Gasteiger partial charge in [0.25, 0.3) is 0 Å². The maximum atomic E-state index is 13.7. The fourth-order valence-electron chi connectivity index (χ4n) is 8.49. The lowest BCUT2D eigenvalue weighted by atomic mass is 10.1. The van der Waals surface area contributed by atoms with Crippen LogP contribution in [-0.2, 0) is 57.2 Å². The third-order valence-electron chi connectivity index (χ3n) is 12.9. The topological polar surface area (TPSA) is 196 Å². The number of imidazole rings is 1. The third kappa shape index (κ3) is 31.5. The lowest BCUT2D eigenvalue weighted by Crippen LogP contribution is -2.41. The predicted octanol–water partition coefficient (Wildman–Crippen LogP) is 11.6. The van der Waals surface area contributed by atoms with Gasteiger partial charge in [0.15, 0.2) is 0 Å². The van der Waals surface area contributed by atoms with Crippen molar-refractivity contribution in [3.63, 3.8) is 0 Å². The highest BCUT2D eigenvalue weighted by Crippen LogP contribution is 2.24. The van der Waals surface area contributed by atoms with Gasteiger partial charge >= 0.3 is 41.8 Å². The summed E-state index contributed by atoms with van der Waals surface area (Å²) in [5, 5.41) is 0. The number of carbonyl (C=O) groups is 7. The van der Waals surface area contributed by atoms with Crippen LogP contribution in [0.5, 0.6) is 0 Å². The number of likely N-dealkylation sites (tertiary alicyclic amines) is 1. The molecule has 16 heteroatoms. The second-order valence-electron chi connectivity index (χ2n) is 19.5. The Hall–Kier alpha value is -4.50. The van der Waals surface area contributed by atoms with Gasteiger partial charge in [-0.1, -0.05) is 156 Å². The predicted molar refractivity (Wildman–Crippen MR) is 271 cm³/mol. The smallest absolute Gasteiger partial charge is 0.329 e. The standard InChI is InChI=1S/C55H93N3O13/c1-5-9-13-17-21-25-29-49(59)66-39-45(40-67-50(60)30-26-22-18-14-10-6-2)35-53(63)70-43-47-37-48(38-58(47)55(65)57-34-33-56-44-57)71-54(64)36-46(41-68-51(61)31-27-23-19-15-11-7-3)42-69-52(62)32-28-24-20-16-12-8-4/h33-34,44-48H,5-32,35-43H2,1-4H3/t47-,48+/m0/s1. The first-order chi connectivity index (χ1) is 34.5. The Kier molecular flexibility index (Phi) is 36.2. The van der Waals surface area contributed by atoms with Crippen LogP contribution >= 0.6 is 0 Å². The summed E-state index contributed by atoms with van der Waals surface area (Å²) >= 11 is 0. The third-order valence-corrected chi connectivity index (χ3v) is 12.9. The van der Waals surface area contributed by atoms with Crippen molar-refractivity contribution in [3.05, 3.63) is 18.7 Å². The Morgan fingerprint density at radius 1 is 0.479 bits per heavy atom. The van der Waals surface area contributed by atoms with Gasteiger partial charge in [0.2, 0.25) is 0 Å². The van der Waals surface area contributed by atoms with E-state index >= 15 is 0 Å². The second kappa shape index (κ2) is 41.0. The number of rotatable bonds is 43. The van der Waals surface area contributed by atoms with Crippen LogP contribution in [0.1, 0.15) is 227 Å². The Balaban J connectivity index is 2.07. The summed E-state index contributed by atoms with van der Waals surface area (Å²) in [7, 11) is 0. The van der Waals surface area contributed by atoms with Gasteiger partial charge in [-0.2, -0.15) is 0 Å². The minimum atomic E-state index is -0.769. The molecular weight excluding hydrogens is 911 g/mol. The molecule has 0 saturated carbocycles. The molecule has 1 aliphatic heterocycles. The summed E-state index contributed by atoms with van der Waals surface area (Å²) in [5.41, 5.74) is 0. The molecule has 0 bridgehead atoms. The zero-order valence-corrected chi connectivity index (χ0v) is 44.4. The van der Waals surface area contributed by atoms with E-state index in [1.54, 1.807) is 0 Å². The monoisotopic (exact) mass is 1000 g/mol. The molecule has 1 fully saturated rings. The van der Waals surface area contributed by atoms with Crippen molar-refractivity contribution in [2.24, 2.45) is 11.8 Å². The van der Waals surface area contributed by atoms with Gasteiger partial charge < -0.3 is 33.3 Å². The summed E-state index contributed by atoms with van der Waals surface area (Å²) in [6.45, 7) is 7.88. The van der Waals surface area contributed by atoms with Crippen molar-refractivity contribution >= 4 is 41.8 Å². The van der Waals surface area contributed by atoms with Crippen molar-refractivity contribution in [2.75, 3.05) is 39.6 Å². The number of unbranched alkanes of at least 4 members (excludes halogenated alkanes) is 20. The molecule has 406 valence electrons. The normalized spacial score (nSPS) is 14.4. The van der Waals surface area contributed by atoms with E-state index in [9.17, 15) is 33.6 Å². The van der Waals surface area contributed by atoms with Gasteiger partial charge in [-0.05, 0) is 25.7 Å². The van der Waals surface area contributed by atoms with Gasteiger partial charge in [0.05, 0.1) is 51.9 Å². The molecule has 0 aliphatic carbocycles. The SMILES string of the molecule is CCCCCCCCC(=O)OCC(COC(=O)CCCCCCCC)CC(=O)OC[C@@H]1C[C@@H](OC(=O)CC(COC(=O)CCCCCCCC)COC(=O)CCCCCCCC)CN1C(=O)n1ccnc1. The molecule has 0 N–H and O–H groups in total. The summed E-state index contributed by atoms with van der Waals surface area (Å²) in [6, 6.07) is -1.14. The summed E-state index contributed by atoms with van der Waals surface area (Å²) in [4.78, 5) is 96.8. The van der Waals surface area contributed by atoms with E-state index < -0.39 is 42.0 Å². The van der Waals surface area contributed by atoms with Crippen LogP contribution in [0.4, 0.5) is 4.79 Å². The fourth-order valence-corrected chi connectivity index (χ4v) is 8.49. The molecule has 1 amide bonds. The summed E-state index contributed by atoms with van der Waals surface area (Å²) in [6.07, 6.45) is 28.8. The Morgan fingerprint density at radius 3 is 1.21 bits per heavy atom. The van der Waals surface area contributed by atoms with Gasteiger partial charge in [-0.3, -0.25) is 33.3 Å². The highest BCUT2D eigenvalue weighted by atomic mass is 16.6. The van der Waals surface area contributed by atoms with Gasteiger partial charge in [0.1, 0.15) is 19.0 Å². The number of hydrogen-bond acceptors (Lipinski definition) is 14. The minimum Gasteiger partial charge on any atom is -0.465 e. The number of nitrogens with zero attached hydrogens (tertiary/aromatic N) is 3. The number of aromatic nitrogens is 2. The minimum absolute atomic E-state index is 0.00184. The first kappa shape index (κ1) is 62.6. The zero-order chi connectivity index (χ0) is 51.7. The largest absolute Gasteiger partial charge is 0.465 e. The Labute approximate surface area is 426 Å². The van der Waals surface area contributed by atoms with Crippen LogP contribution in [0.15, 0.2) is 18.7 Å². The number of ether oxygens (including phenoxy) is 6. The number of esters is 6. The van der Waals surface area contributed by atoms with Crippen LogP contribution in [0.25, 0.3) is 0 Å². The first-order valence-electron chi connectivity index (χ1n) is 27.8. The van der Waals surface area contributed by atoms with E-state index in [1.165, 1.54) is 28.2 Å². The molecule has 2 rings (SSSR count). The van der Waals surface area contributed by atoms with Crippen molar-refractivity contribution in [2.45, 2.75) is 239 Å². The summed E-state index contributed by atoms with van der Waals surface area (Å²) < 4.78 is 35.2. The maximum Gasteiger partial charge on any atom is 0.329 e. The quantitative estimate of drug-likeness (QED) is 0.0340. The molecular formula is C55H93N3O13. The molecule has 0 aromatic carbocycles. The number of hydrogen-bond donors (Lipinski definition) is 0. The van der Waals surface area contributed by atoms with Crippen LogP contribution in [-0.4, -0.2) is 108 Å². The van der Waals surface area contributed by atoms with Gasteiger partial charge in [-0.15, -0.1) is 0 Å². The number of amides is 1. The Morgan fingerprint density at radius 2 is 0.845 bits per heavy atom. The fraction of sp³-hybridized carbons (Fsp3) is 0.818. The average Bonchev–Trinajstić information content (AvgIpc) is 4.05. The van der Waals surface area contributed by atoms with E-state index in [0.29, 0.717) is 25.7 Å². The van der Waals surface area contributed by atoms with E-state index in [-0.39, 0.29) is 108 Å². The molecule has 0 spiro atoms. The van der Waals surface area contributed by atoms with Crippen molar-refractivity contribution < 1.29 is 62.0 Å². The molecule has 0 unspecified atom stereocenters. The molecule has 16 nitrogen and oxygen atoms in total. The van der Waals surface area contributed by atoms with E-state index in [2.05, 4.69) is 32.7 Å². The lowest BCUT2D eigenvalue weighted by Gasteiger charge is -2.24. The average molecular weight is 1000 g/mol. The first-order valence-corrected chi connectivity index (χ1v) is 27.8. The van der Waals surface area contributed by atoms with Crippen molar-refractivity contribution in [1.29, 1.82) is 0 Å². The maximum absolute atomic E-state index is 13.7. The second-order valence-corrected chi connectivity index (χ2v) is 19.5. The molecule has 1 aromatic rings. The van der Waals surface area contributed by atoms with E-state index in [0.717, 1.165) is 128 Å². The van der Waals surface area contributed by atoms with E-state index in [4.69, 9.17) is 28.4 Å². The lowest BCUT2D eigenvalue weighted by molar-refractivity contribution is -0.157. The molecule has 1 aromatic heterocycles. The summed E-state index contributed by atoms with van der Waals surface area (Å²) in [5.74, 6) is -4.06. The number of carbonyl (C=O) groups excluding carboxylic acids is 7. The zero-order valence-electron chi connectivity index (χ0n) is 44.4. The van der Waals surface area contributed by atoms with Crippen LogP contribution < -0.4 is 0 Å². The molecule has 2 atom stereocenters. The molecule has 1 saturated heterocycles.